The third kappa shape index (κ3) is 3.52. The number of carbonyl (C=O) groups is 1. The molecule has 1 rings (SSSR count). The summed E-state index contributed by atoms with van der Waals surface area (Å²) in [4.78, 5) is 9.64. The van der Waals surface area contributed by atoms with Gasteiger partial charge in [0.05, 0.1) is 5.56 Å². The minimum atomic E-state index is -4.40. The minimum Gasteiger partial charge on any atom is -0.480 e. The van der Waals surface area contributed by atoms with Crippen molar-refractivity contribution in [2.45, 2.75) is 17.4 Å². The summed E-state index contributed by atoms with van der Waals surface area (Å²) in [6.45, 7) is 0. The molecule has 0 fully saturated rings. The van der Waals surface area contributed by atoms with Crippen molar-refractivity contribution < 1.29 is 23.1 Å². The Kier molecular flexibility index (Phi) is 3.96. The number of carboxylic acids is 1. The van der Waals surface area contributed by atoms with Crippen molar-refractivity contribution in [1.82, 2.24) is 0 Å². The lowest BCUT2D eigenvalue weighted by Gasteiger charge is -2.09. The van der Waals surface area contributed by atoms with Gasteiger partial charge in [-0.3, -0.25) is 4.79 Å². The highest BCUT2D eigenvalue weighted by molar-refractivity contribution is 9.10. The zero-order valence-corrected chi connectivity index (χ0v) is 9.55. The number of carboxylic acid groups (broad SMARTS) is 1. The van der Waals surface area contributed by atoms with Gasteiger partial charge in [0.2, 0.25) is 0 Å². The summed E-state index contributed by atoms with van der Waals surface area (Å²) in [5.41, 5.74) is -0.436. The van der Waals surface area contributed by atoms with Crippen molar-refractivity contribution in [2.75, 3.05) is 0 Å². The second-order valence-electron chi connectivity index (χ2n) is 3.21. The predicted molar refractivity (Wildman–Crippen MR) is 55.5 cm³/mol. The Bertz CT molecular complexity index is 390. The van der Waals surface area contributed by atoms with Crippen molar-refractivity contribution in [2.24, 2.45) is 0 Å². The fourth-order valence-electron chi connectivity index (χ4n) is 1.17. The number of aliphatic carboxylic acids is 1. The Hall–Kier alpha value is -1.04. The number of rotatable bonds is 3. The third-order valence-electron chi connectivity index (χ3n) is 1.94. The lowest BCUT2D eigenvalue weighted by molar-refractivity contribution is -0.137. The average molecular weight is 297 g/mol. The van der Waals surface area contributed by atoms with E-state index in [1.165, 1.54) is 12.1 Å². The van der Waals surface area contributed by atoms with Crippen LogP contribution in [0.2, 0.25) is 0 Å². The van der Waals surface area contributed by atoms with E-state index in [4.69, 9.17) is 5.11 Å². The van der Waals surface area contributed by atoms with Crippen LogP contribution in [-0.2, 0) is 17.4 Å². The maximum Gasteiger partial charge on any atom is 0.416 e. The van der Waals surface area contributed by atoms with Crippen LogP contribution < -0.4 is 0 Å². The van der Waals surface area contributed by atoms with E-state index < -0.39 is 22.5 Å². The lowest BCUT2D eigenvalue weighted by atomic mass is 10.1. The van der Waals surface area contributed by atoms with E-state index in [0.29, 0.717) is 5.56 Å². The first-order valence-electron chi connectivity index (χ1n) is 4.33. The highest BCUT2D eigenvalue weighted by Gasteiger charge is 2.30. The van der Waals surface area contributed by atoms with Crippen molar-refractivity contribution in [1.29, 1.82) is 0 Å². The molecule has 0 heterocycles. The zero-order valence-electron chi connectivity index (χ0n) is 7.96. The molecular formula is C10H8BrF3O2. The van der Waals surface area contributed by atoms with Crippen molar-refractivity contribution in [3.05, 3.63) is 35.4 Å². The van der Waals surface area contributed by atoms with Crippen LogP contribution in [0.3, 0.4) is 0 Å². The van der Waals surface area contributed by atoms with Gasteiger partial charge in [-0.2, -0.15) is 13.2 Å². The fourth-order valence-corrected chi connectivity index (χ4v) is 1.54. The Morgan fingerprint density at radius 1 is 1.44 bits per heavy atom. The molecule has 0 amide bonds. The van der Waals surface area contributed by atoms with Gasteiger partial charge in [0.15, 0.2) is 0 Å². The van der Waals surface area contributed by atoms with Gasteiger partial charge in [-0.25, -0.2) is 0 Å². The van der Waals surface area contributed by atoms with Crippen molar-refractivity contribution in [3.63, 3.8) is 0 Å². The van der Waals surface area contributed by atoms with Crippen molar-refractivity contribution in [3.8, 4) is 0 Å². The molecule has 0 radical (unpaired) electrons. The maximum atomic E-state index is 12.3. The summed E-state index contributed by atoms with van der Waals surface area (Å²) in [5, 5.41) is 8.60. The first kappa shape index (κ1) is 13.0. The first-order chi connectivity index (χ1) is 7.30. The summed E-state index contributed by atoms with van der Waals surface area (Å²) in [5.74, 6) is -1.10. The molecule has 1 N–H and O–H groups in total. The Balaban J connectivity index is 2.87. The van der Waals surface area contributed by atoms with Gasteiger partial charge >= 0.3 is 12.1 Å². The highest BCUT2D eigenvalue weighted by atomic mass is 79.9. The topological polar surface area (TPSA) is 37.3 Å². The van der Waals surface area contributed by atoms with Crippen LogP contribution in [0.15, 0.2) is 24.3 Å². The van der Waals surface area contributed by atoms with Crippen LogP contribution >= 0.6 is 15.9 Å². The average Bonchev–Trinajstić information content (AvgIpc) is 2.16. The lowest BCUT2D eigenvalue weighted by Crippen LogP contribution is -2.16. The van der Waals surface area contributed by atoms with Crippen LogP contribution in [0.4, 0.5) is 13.2 Å². The second-order valence-corrected chi connectivity index (χ2v) is 4.31. The SMILES string of the molecule is O=C(O)C(Br)Cc1cccc(C(F)(F)F)c1. The smallest absolute Gasteiger partial charge is 0.416 e. The molecule has 0 aliphatic carbocycles. The van der Waals surface area contributed by atoms with Gasteiger partial charge in [-0.05, 0) is 18.1 Å². The molecule has 0 saturated heterocycles. The standard InChI is InChI=1S/C10H8BrF3O2/c11-8(9(15)16)5-6-2-1-3-7(4-6)10(12,13)14/h1-4,8H,5H2,(H,15,16). The Labute approximate surface area is 98.2 Å². The van der Waals surface area contributed by atoms with Crippen LogP contribution in [0, 0.1) is 0 Å². The molecule has 0 saturated carbocycles. The number of halogens is 4. The summed E-state index contributed by atoms with van der Waals surface area (Å²) >= 11 is 2.87. The van der Waals surface area contributed by atoms with Crippen LogP contribution in [-0.4, -0.2) is 15.9 Å². The first-order valence-corrected chi connectivity index (χ1v) is 5.25. The van der Waals surface area contributed by atoms with Gasteiger partial charge in [0, 0.05) is 0 Å². The molecule has 16 heavy (non-hydrogen) atoms. The summed E-state index contributed by atoms with van der Waals surface area (Å²) in [6, 6.07) is 4.64. The molecular weight excluding hydrogens is 289 g/mol. The summed E-state index contributed by atoms with van der Waals surface area (Å²) in [6.07, 6.45) is -4.39. The van der Waals surface area contributed by atoms with E-state index in [2.05, 4.69) is 15.9 Å². The quantitative estimate of drug-likeness (QED) is 0.870. The maximum absolute atomic E-state index is 12.3. The molecule has 0 aliphatic heterocycles. The fraction of sp³-hybridized carbons (Fsp3) is 0.300. The highest BCUT2D eigenvalue weighted by Crippen LogP contribution is 2.29. The molecule has 0 bridgehead atoms. The van der Waals surface area contributed by atoms with E-state index in [1.54, 1.807) is 0 Å². The molecule has 1 aromatic rings. The number of alkyl halides is 4. The monoisotopic (exact) mass is 296 g/mol. The molecule has 0 aliphatic rings. The third-order valence-corrected chi connectivity index (χ3v) is 2.65. The van der Waals surface area contributed by atoms with E-state index >= 15 is 0 Å². The van der Waals surface area contributed by atoms with Gasteiger partial charge in [0.25, 0.3) is 0 Å². The zero-order chi connectivity index (χ0) is 12.3. The van der Waals surface area contributed by atoms with E-state index in [-0.39, 0.29) is 6.42 Å². The van der Waals surface area contributed by atoms with Gasteiger partial charge in [-0.15, -0.1) is 0 Å². The largest absolute Gasteiger partial charge is 0.480 e. The van der Waals surface area contributed by atoms with Gasteiger partial charge < -0.3 is 5.11 Å². The van der Waals surface area contributed by atoms with Crippen LogP contribution in [0.1, 0.15) is 11.1 Å². The minimum absolute atomic E-state index is 0.0131. The Morgan fingerprint density at radius 2 is 2.06 bits per heavy atom. The van der Waals surface area contributed by atoms with E-state index in [0.717, 1.165) is 12.1 Å². The molecule has 6 heteroatoms. The number of benzene rings is 1. The van der Waals surface area contributed by atoms with Crippen molar-refractivity contribution >= 4 is 21.9 Å². The molecule has 0 spiro atoms. The molecule has 1 unspecified atom stereocenters. The molecule has 1 atom stereocenters. The van der Waals surface area contributed by atoms with E-state index in [9.17, 15) is 18.0 Å². The van der Waals surface area contributed by atoms with E-state index in [1.807, 2.05) is 0 Å². The van der Waals surface area contributed by atoms with Crippen LogP contribution in [0.25, 0.3) is 0 Å². The number of hydrogen-bond donors (Lipinski definition) is 1. The molecule has 2 nitrogen and oxygen atoms in total. The number of hydrogen-bond acceptors (Lipinski definition) is 1. The Morgan fingerprint density at radius 3 is 2.56 bits per heavy atom. The second kappa shape index (κ2) is 4.86. The summed E-state index contributed by atoms with van der Waals surface area (Å²) in [7, 11) is 0. The van der Waals surface area contributed by atoms with Crippen LogP contribution in [0.5, 0.6) is 0 Å². The van der Waals surface area contributed by atoms with Gasteiger partial charge in [0.1, 0.15) is 4.83 Å². The molecule has 88 valence electrons. The van der Waals surface area contributed by atoms with Gasteiger partial charge in [-0.1, -0.05) is 34.1 Å². The summed E-state index contributed by atoms with van der Waals surface area (Å²) < 4.78 is 37.0. The normalized spacial score (nSPS) is 13.5. The molecule has 1 aromatic carbocycles. The predicted octanol–water partition coefficient (Wildman–Crippen LogP) is 3.10. The molecule has 0 aromatic heterocycles.